The van der Waals surface area contributed by atoms with E-state index in [1.807, 2.05) is 19.9 Å². The van der Waals surface area contributed by atoms with Crippen molar-refractivity contribution >= 4 is 12.4 Å². The van der Waals surface area contributed by atoms with Crippen molar-refractivity contribution in [2.24, 2.45) is 0 Å². The summed E-state index contributed by atoms with van der Waals surface area (Å²) in [6, 6.07) is 5.11. The van der Waals surface area contributed by atoms with Crippen LogP contribution >= 0.6 is 0 Å². The third kappa shape index (κ3) is 2.18. The second-order valence-corrected chi connectivity index (χ2v) is 3.12. The van der Waals surface area contributed by atoms with Crippen LogP contribution in [0.15, 0.2) is 23.8 Å². The minimum absolute atomic E-state index is 0.0544. The molecule has 2 nitrogen and oxygen atoms in total. The van der Waals surface area contributed by atoms with E-state index in [2.05, 4.69) is 0 Å². The van der Waals surface area contributed by atoms with E-state index in [4.69, 9.17) is 0 Å². The van der Waals surface area contributed by atoms with E-state index in [1.54, 1.807) is 18.2 Å². The minimum Gasteiger partial charge on any atom is -0.507 e. The zero-order chi connectivity index (χ0) is 9.84. The SMILES string of the molecule is CC(C)=Cc1cccc(C=O)c1O. The number of hydrogen-bond donors (Lipinski definition) is 1. The number of benzene rings is 1. The summed E-state index contributed by atoms with van der Waals surface area (Å²) in [7, 11) is 0. The number of aldehydes is 1. The van der Waals surface area contributed by atoms with Crippen molar-refractivity contribution in [3.05, 3.63) is 34.9 Å². The van der Waals surface area contributed by atoms with Crippen LogP contribution in [0, 0.1) is 0 Å². The standard InChI is InChI=1S/C11H12O2/c1-8(2)6-9-4-3-5-10(7-12)11(9)13/h3-7,13H,1-2H3. The maximum absolute atomic E-state index is 10.5. The molecule has 68 valence electrons. The lowest BCUT2D eigenvalue weighted by Gasteiger charge is -2.01. The first-order valence-electron chi connectivity index (χ1n) is 4.07. The summed E-state index contributed by atoms with van der Waals surface area (Å²) < 4.78 is 0. The highest BCUT2D eigenvalue weighted by Gasteiger charge is 2.02. The molecule has 0 unspecified atom stereocenters. The van der Waals surface area contributed by atoms with Gasteiger partial charge in [0.25, 0.3) is 0 Å². The van der Waals surface area contributed by atoms with Gasteiger partial charge in [-0.3, -0.25) is 4.79 Å². The molecule has 1 aromatic rings. The van der Waals surface area contributed by atoms with Crippen LogP contribution in [0.3, 0.4) is 0 Å². The van der Waals surface area contributed by atoms with E-state index >= 15 is 0 Å². The Morgan fingerprint density at radius 3 is 2.46 bits per heavy atom. The second-order valence-electron chi connectivity index (χ2n) is 3.12. The van der Waals surface area contributed by atoms with Crippen LogP contribution in [-0.4, -0.2) is 11.4 Å². The fraction of sp³-hybridized carbons (Fsp3) is 0.182. The number of hydrogen-bond acceptors (Lipinski definition) is 2. The van der Waals surface area contributed by atoms with Crippen LogP contribution in [0.2, 0.25) is 0 Å². The molecule has 1 N–H and O–H groups in total. The number of allylic oxidation sites excluding steroid dienone is 1. The van der Waals surface area contributed by atoms with Crippen molar-refractivity contribution in [1.82, 2.24) is 0 Å². The molecule has 2 heteroatoms. The fourth-order valence-electron chi connectivity index (χ4n) is 1.10. The molecular weight excluding hydrogens is 164 g/mol. The van der Waals surface area contributed by atoms with E-state index in [1.165, 1.54) is 0 Å². The molecule has 0 spiro atoms. The van der Waals surface area contributed by atoms with Gasteiger partial charge >= 0.3 is 0 Å². The Labute approximate surface area is 77.5 Å². The number of phenolic OH excluding ortho intramolecular Hbond substituents is 1. The topological polar surface area (TPSA) is 37.3 Å². The van der Waals surface area contributed by atoms with Crippen LogP contribution in [0.5, 0.6) is 5.75 Å². The average Bonchev–Trinajstić information content (AvgIpc) is 2.08. The normalized spacial score (nSPS) is 9.38. The maximum atomic E-state index is 10.5. The Morgan fingerprint density at radius 2 is 1.92 bits per heavy atom. The van der Waals surface area contributed by atoms with Gasteiger partial charge in [0.05, 0.1) is 5.56 Å². The average molecular weight is 176 g/mol. The van der Waals surface area contributed by atoms with Crippen molar-refractivity contribution in [3.8, 4) is 5.75 Å². The molecule has 0 saturated carbocycles. The number of carbonyl (C=O) groups is 1. The van der Waals surface area contributed by atoms with Gasteiger partial charge in [-0.2, -0.15) is 0 Å². The zero-order valence-corrected chi connectivity index (χ0v) is 7.74. The third-order valence-electron chi connectivity index (χ3n) is 1.67. The highest BCUT2D eigenvalue weighted by molar-refractivity contribution is 5.82. The molecule has 0 aliphatic carbocycles. The molecule has 1 rings (SSSR count). The summed E-state index contributed by atoms with van der Waals surface area (Å²) in [5.74, 6) is 0.0544. The molecule has 0 atom stereocenters. The molecule has 0 amide bonds. The van der Waals surface area contributed by atoms with Crippen LogP contribution in [-0.2, 0) is 0 Å². The minimum atomic E-state index is 0.0544. The number of rotatable bonds is 2. The van der Waals surface area contributed by atoms with Crippen molar-refractivity contribution in [2.75, 3.05) is 0 Å². The summed E-state index contributed by atoms with van der Waals surface area (Å²) in [6.07, 6.45) is 2.49. The molecule has 1 aromatic carbocycles. The molecule has 0 saturated heterocycles. The molecule has 0 bridgehead atoms. The van der Waals surface area contributed by atoms with Crippen molar-refractivity contribution in [1.29, 1.82) is 0 Å². The van der Waals surface area contributed by atoms with Gasteiger partial charge in [0, 0.05) is 5.56 Å². The van der Waals surface area contributed by atoms with E-state index < -0.39 is 0 Å². The molecule has 0 fully saturated rings. The Bertz CT molecular complexity index is 347. The second kappa shape index (κ2) is 3.90. The van der Waals surface area contributed by atoms with Gasteiger partial charge in [0.15, 0.2) is 6.29 Å². The zero-order valence-electron chi connectivity index (χ0n) is 7.74. The molecule has 0 aliphatic heterocycles. The van der Waals surface area contributed by atoms with Gasteiger partial charge in [-0.25, -0.2) is 0 Å². The van der Waals surface area contributed by atoms with Gasteiger partial charge in [-0.1, -0.05) is 23.8 Å². The van der Waals surface area contributed by atoms with Gasteiger partial charge in [-0.15, -0.1) is 0 Å². The Hall–Kier alpha value is -1.57. The summed E-state index contributed by atoms with van der Waals surface area (Å²) in [5.41, 5.74) is 2.10. The van der Waals surface area contributed by atoms with Crippen molar-refractivity contribution in [2.45, 2.75) is 13.8 Å². The highest BCUT2D eigenvalue weighted by atomic mass is 16.3. The van der Waals surface area contributed by atoms with Crippen LogP contribution < -0.4 is 0 Å². The summed E-state index contributed by atoms with van der Waals surface area (Å²) in [4.78, 5) is 10.5. The first-order valence-corrected chi connectivity index (χ1v) is 4.07. The molecular formula is C11H12O2. The van der Waals surface area contributed by atoms with Gasteiger partial charge in [-0.05, 0) is 19.9 Å². The van der Waals surface area contributed by atoms with Gasteiger partial charge in [0.2, 0.25) is 0 Å². The number of aromatic hydroxyl groups is 1. The van der Waals surface area contributed by atoms with Crippen LogP contribution in [0.1, 0.15) is 29.8 Å². The lowest BCUT2D eigenvalue weighted by atomic mass is 10.1. The number of phenols is 1. The predicted molar refractivity (Wildman–Crippen MR) is 52.8 cm³/mol. The largest absolute Gasteiger partial charge is 0.507 e. The molecule has 0 heterocycles. The van der Waals surface area contributed by atoms with Gasteiger partial charge < -0.3 is 5.11 Å². The van der Waals surface area contributed by atoms with E-state index in [0.29, 0.717) is 17.4 Å². The third-order valence-corrected chi connectivity index (χ3v) is 1.67. The number of carbonyl (C=O) groups excluding carboxylic acids is 1. The monoisotopic (exact) mass is 176 g/mol. The number of para-hydroxylation sites is 1. The van der Waals surface area contributed by atoms with Gasteiger partial charge in [0.1, 0.15) is 5.75 Å². The Kier molecular flexibility index (Phi) is 2.85. The lowest BCUT2D eigenvalue weighted by molar-refractivity contribution is 0.112. The molecule has 0 aliphatic rings. The highest BCUT2D eigenvalue weighted by Crippen LogP contribution is 2.22. The Morgan fingerprint density at radius 1 is 1.31 bits per heavy atom. The molecule has 0 radical (unpaired) electrons. The summed E-state index contributed by atoms with van der Waals surface area (Å²) in [6.45, 7) is 3.88. The lowest BCUT2D eigenvalue weighted by Crippen LogP contribution is -1.84. The van der Waals surface area contributed by atoms with Crippen molar-refractivity contribution in [3.63, 3.8) is 0 Å². The molecule has 0 aromatic heterocycles. The van der Waals surface area contributed by atoms with Crippen LogP contribution in [0.25, 0.3) is 6.08 Å². The summed E-state index contributed by atoms with van der Waals surface area (Å²) >= 11 is 0. The first-order chi connectivity index (χ1) is 6.15. The van der Waals surface area contributed by atoms with Crippen molar-refractivity contribution < 1.29 is 9.90 Å². The maximum Gasteiger partial charge on any atom is 0.153 e. The van der Waals surface area contributed by atoms with E-state index in [-0.39, 0.29) is 5.75 Å². The predicted octanol–water partition coefficient (Wildman–Crippen LogP) is 2.63. The smallest absolute Gasteiger partial charge is 0.153 e. The first kappa shape index (κ1) is 9.52. The Balaban J connectivity index is 3.23. The van der Waals surface area contributed by atoms with Crippen LogP contribution in [0.4, 0.5) is 0 Å². The van der Waals surface area contributed by atoms with E-state index in [0.717, 1.165) is 5.57 Å². The summed E-state index contributed by atoms with van der Waals surface area (Å²) in [5, 5.41) is 9.56. The van der Waals surface area contributed by atoms with E-state index in [9.17, 15) is 9.90 Å². The fourth-order valence-corrected chi connectivity index (χ4v) is 1.10. The molecule has 13 heavy (non-hydrogen) atoms. The quantitative estimate of drug-likeness (QED) is 0.703.